The molecule has 3 aromatic rings. The van der Waals surface area contributed by atoms with E-state index in [1.54, 1.807) is 6.07 Å². The Hall–Kier alpha value is -2.59. The molecular weight excluding hydrogens is 312 g/mol. The first-order valence-electron chi connectivity index (χ1n) is 7.27. The van der Waals surface area contributed by atoms with Gasteiger partial charge in [0.25, 0.3) is 5.91 Å². The molecule has 0 aliphatic rings. The van der Waals surface area contributed by atoms with Crippen molar-refractivity contribution >= 4 is 17.5 Å². The number of hydrogen-bond acceptors (Lipinski definition) is 3. The van der Waals surface area contributed by atoms with E-state index in [0.29, 0.717) is 17.3 Å². The van der Waals surface area contributed by atoms with Gasteiger partial charge in [0.2, 0.25) is 5.76 Å². The van der Waals surface area contributed by atoms with Gasteiger partial charge in [-0.05, 0) is 24.1 Å². The summed E-state index contributed by atoms with van der Waals surface area (Å²) in [5, 5.41) is 7.46. The van der Waals surface area contributed by atoms with E-state index >= 15 is 0 Å². The maximum absolute atomic E-state index is 12.1. The molecule has 116 valence electrons. The van der Waals surface area contributed by atoms with Gasteiger partial charge in [0.05, 0.1) is 0 Å². The largest absolute Gasteiger partial charge is 0.350 e. The summed E-state index contributed by atoms with van der Waals surface area (Å²) in [6.45, 7) is 0.516. The van der Waals surface area contributed by atoms with Crippen LogP contribution in [0.15, 0.2) is 65.2 Å². The van der Waals surface area contributed by atoms with Crippen LogP contribution in [0.1, 0.15) is 16.1 Å². The second-order valence-corrected chi connectivity index (χ2v) is 5.51. The summed E-state index contributed by atoms with van der Waals surface area (Å²) in [5.41, 5.74) is 2.67. The summed E-state index contributed by atoms with van der Waals surface area (Å²) in [5.74, 6) is -0.0615. The minimum atomic E-state index is -0.270. The van der Waals surface area contributed by atoms with Crippen LogP contribution in [0.3, 0.4) is 0 Å². The van der Waals surface area contributed by atoms with Crippen LogP contribution in [-0.4, -0.2) is 17.6 Å². The number of benzene rings is 2. The van der Waals surface area contributed by atoms with E-state index in [0.717, 1.165) is 17.5 Å². The SMILES string of the molecule is O=C(NCCc1ccc(Cl)cc1)c1cc(-c2ccccc2)no1. The summed E-state index contributed by atoms with van der Waals surface area (Å²) in [7, 11) is 0. The van der Waals surface area contributed by atoms with Crippen LogP contribution in [0, 0.1) is 0 Å². The fourth-order valence-electron chi connectivity index (χ4n) is 2.19. The van der Waals surface area contributed by atoms with Crippen molar-refractivity contribution in [3.05, 3.63) is 77.0 Å². The van der Waals surface area contributed by atoms with Crippen LogP contribution in [0.2, 0.25) is 5.02 Å². The average molecular weight is 327 g/mol. The highest BCUT2D eigenvalue weighted by atomic mass is 35.5. The Bertz CT molecular complexity index is 782. The predicted molar refractivity (Wildman–Crippen MR) is 89.4 cm³/mol. The molecule has 0 fully saturated rings. The van der Waals surface area contributed by atoms with E-state index in [9.17, 15) is 4.79 Å². The van der Waals surface area contributed by atoms with Crippen LogP contribution in [0.4, 0.5) is 0 Å². The van der Waals surface area contributed by atoms with E-state index < -0.39 is 0 Å². The maximum atomic E-state index is 12.1. The van der Waals surface area contributed by atoms with Crippen LogP contribution in [0.5, 0.6) is 0 Å². The highest BCUT2D eigenvalue weighted by Crippen LogP contribution is 2.18. The van der Waals surface area contributed by atoms with Gasteiger partial charge in [-0.1, -0.05) is 59.2 Å². The van der Waals surface area contributed by atoms with Crippen molar-refractivity contribution in [2.45, 2.75) is 6.42 Å². The van der Waals surface area contributed by atoms with Gasteiger partial charge in [0.1, 0.15) is 5.69 Å². The Balaban J connectivity index is 1.56. The number of nitrogens with one attached hydrogen (secondary N) is 1. The van der Waals surface area contributed by atoms with Crippen molar-refractivity contribution in [2.75, 3.05) is 6.54 Å². The van der Waals surface area contributed by atoms with Gasteiger partial charge in [-0.25, -0.2) is 0 Å². The molecule has 0 atom stereocenters. The zero-order valence-corrected chi connectivity index (χ0v) is 13.1. The fourth-order valence-corrected chi connectivity index (χ4v) is 2.31. The van der Waals surface area contributed by atoms with Crippen molar-refractivity contribution < 1.29 is 9.32 Å². The monoisotopic (exact) mass is 326 g/mol. The predicted octanol–water partition coefficient (Wildman–Crippen LogP) is 3.97. The fraction of sp³-hybridized carbons (Fsp3) is 0.111. The van der Waals surface area contributed by atoms with Crippen LogP contribution < -0.4 is 5.32 Å². The third kappa shape index (κ3) is 3.99. The first-order valence-corrected chi connectivity index (χ1v) is 7.65. The third-order valence-corrected chi connectivity index (χ3v) is 3.67. The Morgan fingerprint density at radius 3 is 2.57 bits per heavy atom. The van der Waals surface area contributed by atoms with Crippen LogP contribution >= 0.6 is 11.6 Å². The molecule has 3 rings (SSSR count). The number of aromatic nitrogens is 1. The lowest BCUT2D eigenvalue weighted by Gasteiger charge is -2.03. The van der Waals surface area contributed by atoms with Crippen molar-refractivity contribution in [1.82, 2.24) is 10.5 Å². The van der Waals surface area contributed by atoms with Crippen LogP contribution in [0.25, 0.3) is 11.3 Å². The second-order valence-electron chi connectivity index (χ2n) is 5.07. The zero-order valence-electron chi connectivity index (χ0n) is 12.3. The molecule has 2 aromatic carbocycles. The molecule has 0 aliphatic carbocycles. The summed E-state index contributed by atoms with van der Waals surface area (Å²) in [6, 6.07) is 18.8. The van der Waals surface area contributed by atoms with Crippen molar-refractivity contribution in [1.29, 1.82) is 0 Å². The highest BCUT2D eigenvalue weighted by Gasteiger charge is 2.13. The lowest BCUT2D eigenvalue weighted by Crippen LogP contribution is -2.25. The van der Waals surface area contributed by atoms with E-state index in [-0.39, 0.29) is 11.7 Å². The molecule has 0 aliphatic heterocycles. The van der Waals surface area contributed by atoms with E-state index in [4.69, 9.17) is 16.1 Å². The average Bonchev–Trinajstić information content (AvgIpc) is 3.07. The molecule has 1 amide bonds. The molecule has 0 radical (unpaired) electrons. The lowest BCUT2D eigenvalue weighted by atomic mass is 10.1. The number of hydrogen-bond donors (Lipinski definition) is 1. The molecule has 1 heterocycles. The van der Waals surface area contributed by atoms with Gasteiger partial charge in [0.15, 0.2) is 0 Å². The number of halogens is 1. The molecule has 0 saturated heterocycles. The molecule has 4 nitrogen and oxygen atoms in total. The molecule has 5 heteroatoms. The van der Waals surface area contributed by atoms with Gasteiger partial charge >= 0.3 is 0 Å². The van der Waals surface area contributed by atoms with Crippen molar-refractivity contribution in [2.24, 2.45) is 0 Å². The number of rotatable bonds is 5. The number of amides is 1. The molecule has 0 saturated carbocycles. The normalized spacial score (nSPS) is 10.5. The van der Waals surface area contributed by atoms with Gasteiger partial charge in [-0.2, -0.15) is 0 Å². The molecule has 1 aromatic heterocycles. The molecule has 1 N–H and O–H groups in total. The summed E-state index contributed by atoms with van der Waals surface area (Å²) in [4.78, 5) is 12.1. The summed E-state index contributed by atoms with van der Waals surface area (Å²) < 4.78 is 5.12. The maximum Gasteiger partial charge on any atom is 0.289 e. The Kier molecular flexibility index (Phi) is 4.74. The second kappa shape index (κ2) is 7.11. The minimum Gasteiger partial charge on any atom is -0.350 e. The van der Waals surface area contributed by atoms with Crippen molar-refractivity contribution in [3.63, 3.8) is 0 Å². The molecule has 0 unspecified atom stereocenters. The first-order chi connectivity index (χ1) is 11.2. The highest BCUT2D eigenvalue weighted by molar-refractivity contribution is 6.30. The molecule has 23 heavy (non-hydrogen) atoms. The lowest BCUT2D eigenvalue weighted by molar-refractivity contribution is 0.0917. The Labute approximate surface area is 139 Å². The minimum absolute atomic E-state index is 0.208. The third-order valence-electron chi connectivity index (χ3n) is 3.42. The van der Waals surface area contributed by atoms with E-state index in [1.807, 2.05) is 54.6 Å². The molecule has 0 spiro atoms. The standard InChI is InChI=1S/C18H15ClN2O2/c19-15-8-6-13(7-9-15)10-11-20-18(22)17-12-16(21-23-17)14-4-2-1-3-5-14/h1-9,12H,10-11H2,(H,20,22). The smallest absolute Gasteiger partial charge is 0.289 e. The van der Waals surface area contributed by atoms with Gasteiger partial charge in [0, 0.05) is 23.2 Å². The summed E-state index contributed by atoms with van der Waals surface area (Å²) in [6.07, 6.45) is 0.725. The molecule has 0 bridgehead atoms. The number of nitrogens with zero attached hydrogens (tertiary/aromatic N) is 1. The van der Waals surface area contributed by atoms with Gasteiger partial charge < -0.3 is 9.84 Å². The van der Waals surface area contributed by atoms with E-state index in [1.165, 1.54) is 0 Å². The van der Waals surface area contributed by atoms with Gasteiger partial charge in [-0.15, -0.1) is 0 Å². The number of carbonyl (C=O) groups is 1. The first kappa shape index (κ1) is 15.3. The van der Waals surface area contributed by atoms with Crippen LogP contribution in [-0.2, 0) is 6.42 Å². The van der Waals surface area contributed by atoms with Gasteiger partial charge in [-0.3, -0.25) is 4.79 Å². The van der Waals surface area contributed by atoms with E-state index in [2.05, 4.69) is 10.5 Å². The molecular formula is C18H15ClN2O2. The topological polar surface area (TPSA) is 55.1 Å². The zero-order chi connectivity index (χ0) is 16.1. The van der Waals surface area contributed by atoms with Crippen molar-refractivity contribution in [3.8, 4) is 11.3 Å². The Morgan fingerprint density at radius 1 is 1.09 bits per heavy atom. The quantitative estimate of drug-likeness (QED) is 0.772. The Morgan fingerprint density at radius 2 is 1.83 bits per heavy atom. The number of carbonyl (C=O) groups excluding carboxylic acids is 1. The summed E-state index contributed by atoms with van der Waals surface area (Å²) >= 11 is 5.84.